The Morgan fingerprint density at radius 2 is 2.00 bits per heavy atom. The molecule has 1 saturated heterocycles. The summed E-state index contributed by atoms with van der Waals surface area (Å²) in [5.74, 6) is 1.56. The summed E-state index contributed by atoms with van der Waals surface area (Å²) >= 11 is 7.29. The number of benzene rings is 2. The van der Waals surface area contributed by atoms with Gasteiger partial charge in [-0.25, -0.2) is 4.99 Å². The number of carbonyl (C=O) groups is 1. The van der Waals surface area contributed by atoms with Crippen molar-refractivity contribution in [2.75, 3.05) is 13.7 Å². The molecule has 0 atom stereocenters. The molecule has 1 heterocycles. The number of nitrogens with zero attached hydrogens (tertiary/aromatic N) is 1. The van der Waals surface area contributed by atoms with Gasteiger partial charge in [-0.05, 0) is 72.1 Å². The lowest BCUT2D eigenvalue weighted by Crippen LogP contribution is -2.19. The molecule has 29 heavy (non-hydrogen) atoms. The van der Waals surface area contributed by atoms with Crippen molar-refractivity contribution in [3.05, 3.63) is 57.5 Å². The molecular formula is C22H23ClN2O3S. The van der Waals surface area contributed by atoms with Crippen LogP contribution in [0, 0.1) is 12.8 Å². The summed E-state index contributed by atoms with van der Waals surface area (Å²) in [5, 5.41) is 4.00. The molecule has 2 aromatic carbocycles. The highest BCUT2D eigenvalue weighted by Gasteiger charge is 2.24. The number of halogens is 1. The number of rotatable bonds is 6. The average molecular weight is 431 g/mol. The number of amidine groups is 1. The number of aryl methyl sites for hydroxylation is 1. The Labute approximate surface area is 180 Å². The minimum absolute atomic E-state index is 0.181. The number of carbonyl (C=O) groups excluding carboxylic acids is 1. The lowest BCUT2D eigenvalue weighted by atomic mass is 10.2. The number of methoxy groups -OCH3 is 1. The summed E-state index contributed by atoms with van der Waals surface area (Å²) in [6.45, 7) is 6.72. The van der Waals surface area contributed by atoms with E-state index in [-0.39, 0.29) is 5.91 Å². The van der Waals surface area contributed by atoms with Crippen LogP contribution in [0.25, 0.3) is 6.08 Å². The van der Waals surface area contributed by atoms with Crippen molar-refractivity contribution in [2.45, 2.75) is 20.8 Å². The van der Waals surface area contributed by atoms with Crippen LogP contribution in [0.3, 0.4) is 0 Å². The van der Waals surface area contributed by atoms with Gasteiger partial charge in [0.2, 0.25) is 0 Å². The predicted octanol–water partition coefficient (Wildman–Crippen LogP) is 5.58. The second-order valence-electron chi connectivity index (χ2n) is 7.03. The lowest BCUT2D eigenvalue weighted by Gasteiger charge is -2.12. The molecule has 0 bridgehead atoms. The number of thioether (sulfide) groups is 1. The molecule has 1 amide bonds. The Morgan fingerprint density at radius 3 is 2.69 bits per heavy atom. The van der Waals surface area contributed by atoms with Crippen LogP contribution in [0.2, 0.25) is 5.02 Å². The van der Waals surface area contributed by atoms with Gasteiger partial charge in [0.1, 0.15) is 0 Å². The van der Waals surface area contributed by atoms with Gasteiger partial charge in [-0.1, -0.05) is 31.5 Å². The molecule has 1 N–H and O–H groups in total. The van der Waals surface area contributed by atoms with Crippen LogP contribution in [-0.4, -0.2) is 24.8 Å². The minimum atomic E-state index is -0.181. The van der Waals surface area contributed by atoms with Crippen LogP contribution >= 0.6 is 23.4 Å². The number of ether oxygens (including phenoxy) is 2. The quantitative estimate of drug-likeness (QED) is 0.607. The summed E-state index contributed by atoms with van der Waals surface area (Å²) < 4.78 is 11.2. The zero-order chi connectivity index (χ0) is 21.0. The zero-order valence-electron chi connectivity index (χ0n) is 16.8. The van der Waals surface area contributed by atoms with E-state index in [2.05, 4.69) is 24.2 Å². The third kappa shape index (κ3) is 5.55. The Hall–Kier alpha value is -2.44. The summed E-state index contributed by atoms with van der Waals surface area (Å²) in [7, 11) is 1.60. The van der Waals surface area contributed by atoms with E-state index in [1.54, 1.807) is 13.2 Å². The van der Waals surface area contributed by atoms with E-state index in [0.29, 0.717) is 39.1 Å². The number of amides is 1. The van der Waals surface area contributed by atoms with E-state index < -0.39 is 0 Å². The van der Waals surface area contributed by atoms with Gasteiger partial charge < -0.3 is 14.8 Å². The number of hydrogen-bond acceptors (Lipinski definition) is 5. The van der Waals surface area contributed by atoms with Crippen molar-refractivity contribution < 1.29 is 14.3 Å². The van der Waals surface area contributed by atoms with Gasteiger partial charge >= 0.3 is 0 Å². The molecule has 5 nitrogen and oxygen atoms in total. The van der Waals surface area contributed by atoms with E-state index in [0.717, 1.165) is 16.8 Å². The van der Waals surface area contributed by atoms with Gasteiger partial charge in [0.25, 0.3) is 5.91 Å². The first-order chi connectivity index (χ1) is 13.9. The first kappa shape index (κ1) is 21.3. The molecule has 0 aliphatic carbocycles. The maximum Gasteiger partial charge on any atom is 0.264 e. The minimum Gasteiger partial charge on any atom is -0.493 e. The molecule has 1 aliphatic heterocycles. The molecule has 0 unspecified atom stereocenters. The smallest absolute Gasteiger partial charge is 0.264 e. The molecule has 0 spiro atoms. The van der Waals surface area contributed by atoms with E-state index in [9.17, 15) is 4.79 Å². The van der Waals surface area contributed by atoms with Crippen LogP contribution in [0.5, 0.6) is 11.5 Å². The third-order valence-electron chi connectivity index (χ3n) is 4.09. The van der Waals surface area contributed by atoms with Crippen molar-refractivity contribution in [1.29, 1.82) is 0 Å². The molecule has 0 saturated carbocycles. The highest BCUT2D eigenvalue weighted by Crippen LogP contribution is 2.33. The van der Waals surface area contributed by atoms with Crippen molar-refractivity contribution in [3.63, 3.8) is 0 Å². The van der Waals surface area contributed by atoms with Crippen LogP contribution in [-0.2, 0) is 4.79 Å². The van der Waals surface area contributed by atoms with Crippen LogP contribution in [0.1, 0.15) is 25.0 Å². The predicted molar refractivity (Wildman–Crippen MR) is 120 cm³/mol. The topological polar surface area (TPSA) is 59.9 Å². The molecule has 2 aromatic rings. The molecule has 0 radical (unpaired) electrons. The van der Waals surface area contributed by atoms with E-state index >= 15 is 0 Å². The maximum absolute atomic E-state index is 12.4. The fourth-order valence-electron chi connectivity index (χ4n) is 2.64. The zero-order valence-corrected chi connectivity index (χ0v) is 18.4. The number of hydrogen-bond donors (Lipinski definition) is 1. The standard InChI is InChI=1S/C22H23ClN2O3S/c1-13(2)12-28-18-8-5-15(10-19(18)27-4)11-20-21(26)25-22(29-20)24-17-7-6-16(23)9-14(17)3/h5-11,13H,12H2,1-4H3,(H,24,25,26)/b20-11-. The molecule has 1 aliphatic rings. The SMILES string of the molecule is COc1cc(/C=C2\SC(=Nc3ccc(Cl)cc3C)NC2=O)ccc1OCC(C)C. The summed E-state index contributed by atoms with van der Waals surface area (Å²) in [5.41, 5.74) is 2.56. The molecule has 3 rings (SSSR count). The Bertz CT molecular complexity index is 986. The normalized spacial score (nSPS) is 16.6. The van der Waals surface area contributed by atoms with Gasteiger partial charge in [0, 0.05) is 5.02 Å². The van der Waals surface area contributed by atoms with Gasteiger partial charge in [-0.15, -0.1) is 0 Å². The second kappa shape index (κ2) is 9.37. The maximum atomic E-state index is 12.4. The Kier molecular flexibility index (Phi) is 6.87. The second-order valence-corrected chi connectivity index (χ2v) is 8.49. The fourth-order valence-corrected chi connectivity index (χ4v) is 3.70. The van der Waals surface area contributed by atoms with Crippen molar-refractivity contribution in [1.82, 2.24) is 5.32 Å². The van der Waals surface area contributed by atoms with Gasteiger partial charge in [-0.2, -0.15) is 0 Å². The van der Waals surface area contributed by atoms with Crippen LogP contribution in [0.15, 0.2) is 46.3 Å². The highest BCUT2D eigenvalue weighted by molar-refractivity contribution is 8.18. The monoisotopic (exact) mass is 430 g/mol. The molecule has 7 heteroatoms. The Balaban J connectivity index is 1.80. The van der Waals surface area contributed by atoms with Gasteiger partial charge in [0.05, 0.1) is 24.3 Å². The fraction of sp³-hybridized carbons (Fsp3) is 0.273. The van der Waals surface area contributed by atoms with Crippen LogP contribution in [0.4, 0.5) is 5.69 Å². The first-order valence-corrected chi connectivity index (χ1v) is 10.4. The molecular weight excluding hydrogens is 408 g/mol. The Morgan fingerprint density at radius 1 is 1.21 bits per heavy atom. The number of aliphatic imine (C=N–C) groups is 1. The molecule has 1 fully saturated rings. The van der Waals surface area contributed by atoms with Gasteiger partial charge in [-0.3, -0.25) is 4.79 Å². The van der Waals surface area contributed by atoms with Crippen LogP contribution < -0.4 is 14.8 Å². The summed E-state index contributed by atoms with van der Waals surface area (Å²) in [6.07, 6.45) is 1.81. The average Bonchev–Trinajstić information content (AvgIpc) is 3.01. The van der Waals surface area contributed by atoms with Crippen molar-refractivity contribution >= 4 is 46.2 Å². The molecule has 152 valence electrons. The number of nitrogens with one attached hydrogen (secondary N) is 1. The van der Waals surface area contributed by atoms with Gasteiger partial charge in [0.15, 0.2) is 16.7 Å². The lowest BCUT2D eigenvalue weighted by molar-refractivity contribution is -0.115. The first-order valence-electron chi connectivity index (χ1n) is 9.22. The highest BCUT2D eigenvalue weighted by atomic mass is 35.5. The van der Waals surface area contributed by atoms with E-state index in [1.165, 1.54) is 11.8 Å². The molecule has 0 aromatic heterocycles. The summed E-state index contributed by atoms with van der Waals surface area (Å²) in [6, 6.07) is 11.1. The largest absolute Gasteiger partial charge is 0.493 e. The third-order valence-corrected chi connectivity index (χ3v) is 5.23. The van der Waals surface area contributed by atoms with Crippen molar-refractivity contribution in [2.24, 2.45) is 10.9 Å². The summed E-state index contributed by atoms with van der Waals surface area (Å²) in [4.78, 5) is 17.5. The van der Waals surface area contributed by atoms with Crippen molar-refractivity contribution in [3.8, 4) is 11.5 Å². The van der Waals surface area contributed by atoms with E-state index in [1.807, 2.05) is 43.3 Å². The van der Waals surface area contributed by atoms with E-state index in [4.69, 9.17) is 21.1 Å².